The van der Waals surface area contributed by atoms with Crippen LogP contribution in [-0.2, 0) is 9.59 Å². The van der Waals surface area contributed by atoms with E-state index in [2.05, 4.69) is 25.2 Å². The zero-order valence-corrected chi connectivity index (χ0v) is 17.5. The Labute approximate surface area is 173 Å². The van der Waals surface area contributed by atoms with Gasteiger partial charge in [-0.15, -0.1) is 0 Å². The summed E-state index contributed by atoms with van der Waals surface area (Å²) in [6, 6.07) is 9.77. The molecule has 152 valence electrons. The summed E-state index contributed by atoms with van der Waals surface area (Å²) in [5, 5.41) is 3.12. The second kappa shape index (κ2) is 6.68. The van der Waals surface area contributed by atoms with E-state index in [4.69, 9.17) is 0 Å². The van der Waals surface area contributed by atoms with Crippen LogP contribution in [-0.4, -0.2) is 11.7 Å². The molecular weight excluding hydrogens is 358 g/mol. The molecule has 0 heterocycles. The molecule has 3 nitrogen and oxygen atoms in total. The number of rotatable bonds is 2. The number of allylic oxidation sites excluding steroid dienone is 3. The van der Waals surface area contributed by atoms with Crippen molar-refractivity contribution in [2.24, 2.45) is 28.6 Å². The number of fused-ring (bicyclic) bond motifs is 5. The summed E-state index contributed by atoms with van der Waals surface area (Å²) in [4.78, 5) is 25.1. The second-order valence-corrected chi connectivity index (χ2v) is 10.1. The van der Waals surface area contributed by atoms with Crippen LogP contribution in [0.2, 0.25) is 0 Å². The first-order valence-electron chi connectivity index (χ1n) is 11.2. The van der Waals surface area contributed by atoms with Gasteiger partial charge in [0.15, 0.2) is 5.78 Å². The van der Waals surface area contributed by atoms with Crippen molar-refractivity contribution >= 4 is 17.4 Å². The molecule has 1 amide bonds. The molecule has 5 rings (SSSR count). The normalized spacial score (nSPS) is 38.3. The fraction of sp³-hybridized carbons (Fsp3) is 0.538. The Bertz CT molecular complexity index is 914. The van der Waals surface area contributed by atoms with Crippen LogP contribution < -0.4 is 5.32 Å². The number of benzene rings is 1. The van der Waals surface area contributed by atoms with E-state index in [9.17, 15) is 9.59 Å². The van der Waals surface area contributed by atoms with E-state index in [1.807, 2.05) is 36.4 Å². The number of anilines is 1. The summed E-state index contributed by atoms with van der Waals surface area (Å²) in [6.45, 7) is 4.74. The summed E-state index contributed by atoms with van der Waals surface area (Å²) in [5.41, 5.74) is 3.43. The monoisotopic (exact) mass is 389 g/mol. The van der Waals surface area contributed by atoms with Gasteiger partial charge in [0.25, 0.3) is 5.91 Å². The molecule has 0 spiro atoms. The molecule has 3 heteroatoms. The molecule has 4 aliphatic carbocycles. The summed E-state index contributed by atoms with van der Waals surface area (Å²) in [6.07, 6.45) is 11.4. The molecule has 29 heavy (non-hydrogen) atoms. The number of amides is 1. The number of hydrogen-bond acceptors (Lipinski definition) is 2. The third kappa shape index (κ3) is 2.85. The molecule has 0 radical (unpaired) electrons. The Kier molecular flexibility index (Phi) is 4.34. The van der Waals surface area contributed by atoms with Crippen molar-refractivity contribution in [2.75, 3.05) is 5.32 Å². The number of carbonyl (C=O) groups is 2. The standard InChI is InChI=1S/C26H31NO2/c1-25-14-12-19(28)16-17(25)8-9-20-21-10-11-23(26(21,2)15-13-22(20)25)24(29)27-18-6-4-3-5-7-18/h3-7,11,16,20-22H,8-10,12-15H2,1-2H3,(H,27,29)/t20-,21-,22-,25-,26-/m0/s1. The SMILES string of the molecule is C[C@]12CCC(=O)C=C1CC[C@@H]1[C@@H]2CC[C@]2(C)C(C(=O)Nc3ccccc3)=CC[C@@H]12. The van der Waals surface area contributed by atoms with Crippen LogP contribution in [0.1, 0.15) is 58.8 Å². The van der Waals surface area contributed by atoms with E-state index in [0.29, 0.717) is 30.0 Å². The van der Waals surface area contributed by atoms with Crippen LogP contribution in [0.5, 0.6) is 0 Å². The van der Waals surface area contributed by atoms with Crippen LogP contribution in [0.3, 0.4) is 0 Å². The van der Waals surface area contributed by atoms with Crippen molar-refractivity contribution in [1.82, 2.24) is 0 Å². The smallest absolute Gasteiger partial charge is 0.251 e. The zero-order chi connectivity index (χ0) is 20.2. The Balaban J connectivity index is 1.39. The van der Waals surface area contributed by atoms with Crippen molar-refractivity contribution < 1.29 is 9.59 Å². The quantitative estimate of drug-likeness (QED) is 0.706. The van der Waals surface area contributed by atoms with E-state index >= 15 is 0 Å². The predicted octanol–water partition coefficient (Wildman–Crippen LogP) is 5.69. The molecule has 0 saturated heterocycles. The van der Waals surface area contributed by atoms with E-state index in [0.717, 1.165) is 43.4 Å². The van der Waals surface area contributed by atoms with Gasteiger partial charge in [-0.05, 0) is 79.9 Å². The highest BCUT2D eigenvalue weighted by Crippen LogP contribution is 2.65. The number of carbonyl (C=O) groups excluding carboxylic acids is 2. The third-order valence-electron chi connectivity index (χ3n) is 8.82. The number of nitrogens with one attached hydrogen (secondary N) is 1. The maximum atomic E-state index is 13.1. The summed E-state index contributed by atoms with van der Waals surface area (Å²) in [5.74, 6) is 2.25. The first-order chi connectivity index (χ1) is 13.9. The Morgan fingerprint density at radius 3 is 2.59 bits per heavy atom. The number of para-hydroxylation sites is 1. The second-order valence-electron chi connectivity index (χ2n) is 10.1. The van der Waals surface area contributed by atoms with Crippen molar-refractivity contribution in [3.8, 4) is 0 Å². The van der Waals surface area contributed by atoms with Gasteiger partial charge in [-0.1, -0.05) is 43.7 Å². The number of ketones is 1. The highest BCUT2D eigenvalue weighted by molar-refractivity contribution is 6.05. The Morgan fingerprint density at radius 2 is 1.79 bits per heavy atom. The molecule has 0 unspecified atom stereocenters. The van der Waals surface area contributed by atoms with E-state index in [1.54, 1.807) is 0 Å². The average molecular weight is 390 g/mol. The molecule has 2 fully saturated rings. The van der Waals surface area contributed by atoms with Crippen LogP contribution in [0.4, 0.5) is 5.69 Å². The van der Waals surface area contributed by atoms with Gasteiger partial charge in [-0.25, -0.2) is 0 Å². The Hall–Kier alpha value is -2.16. The largest absolute Gasteiger partial charge is 0.322 e. The Morgan fingerprint density at radius 1 is 1.00 bits per heavy atom. The van der Waals surface area contributed by atoms with Crippen molar-refractivity contribution in [1.29, 1.82) is 0 Å². The van der Waals surface area contributed by atoms with Gasteiger partial charge in [0.05, 0.1) is 0 Å². The average Bonchev–Trinajstić information content (AvgIpc) is 3.06. The van der Waals surface area contributed by atoms with Crippen LogP contribution in [0, 0.1) is 28.6 Å². The summed E-state index contributed by atoms with van der Waals surface area (Å²) >= 11 is 0. The summed E-state index contributed by atoms with van der Waals surface area (Å²) in [7, 11) is 0. The lowest BCUT2D eigenvalue weighted by Crippen LogP contribution is -2.50. The van der Waals surface area contributed by atoms with Gasteiger partial charge < -0.3 is 5.32 Å². The van der Waals surface area contributed by atoms with Crippen molar-refractivity contribution in [3.05, 3.63) is 53.6 Å². The van der Waals surface area contributed by atoms with Gasteiger partial charge in [-0.3, -0.25) is 9.59 Å². The van der Waals surface area contributed by atoms with Crippen LogP contribution in [0.15, 0.2) is 53.6 Å². The molecule has 4 aliphatic rings. The predicted molar refractivity (Wildman–Crippen MR) is 115 cm³/mol. The zero-order valence-electron chi connectivity index (χ0n) is 17.5. The fourth-order valence-electron chi connectivity index (χ4n) is 7.20. The topological polar surface area (TPSA) is 46.2 Å². The molecule has 1 aromatic carbocycles. The van der Waals surface area contributed by atoms with E-state index in [1.165, 1.54) is 12.0 Å². The molecule has 1 aromatic rings. The van der Waals surface area contributed by atoms with Crippen LogP contribution >= 0.6 is 0 Å². The highest BCUT2D eigenvalue weighted by Gasteiger charge is 2.57. The molecule has 0 aliphatic heterocycles. The van der Waals surface area contributed by atoms with Crippen molar-refractivity contribution in [2.45, 2.75) is 58.8 Å². The first-order valence-corrected chi connectivity index (χ1v) is 11.2. The lowest BCUT2D eigenvalue weighted by Gasteiger charge is -2.57. The van der Waals surface area contributed by atoms with Gasteiger partial charge in [0.2, 0.25) is 0 Å². The van der Waals surface area contributed by atoms with Gasteiger partial charge in [-0.2, -0.15) is 0 Å². The molecule has 2 saturated carbocycles. The van der Waals surface area contributed by atoms with Gasteiger partial charge in [0, 0.05) is 23.1 Å². The van der Waals surface area contributed by atoms with Crippen molar-refractivity contribution in [3.63, 3.8) is 0 Å². The van der Waals surface area contributed by atoms with E-state index < -0.39 is 0 Å². The molecule has 0 bridgehead atoms. The molecule has 5 atom stereocenters. The maximum absolute atomic E-state index is 13.1. The molecule has 1 N–H and O–H groups in total. The maximum Gasteiger partial charge on any atom is 0.251 e. The number of hydrogen-bond donors (Lipinski definition) is 1. The van der Waals surface area contributed by atoms with Gasteiger partial charge in [0.1, 0.15) is 0 Å². The van der Waals surface area contributed by atoms with E-state index in [-0.39, 0.29) is 16.7 Å². The van der Waals surface area contributed by atoms with Gasteiger partial charge >= 0.3 is 0 Å². The molecule has 0 aromatic heterocycles. The third-order valence-corrected chi connectivity index (χ3v) is 8.82. The first kappa shape index (κ1) is 18.8. The lowest BCUT2D eigenvalue weighted by molar-refractivity contribution is -0.118. The fourth-order valence-corrected chi connectivity index (χ4v) is 7.20. The minimum absolute atomic E-state index is 0.0257. The van der Waals surface area contributed by atoms with Crippen LogP contribution in [0.25, 0.3) is 0 Å². The summed E-state index contributed by atoms with van der Waals surface area (Å²) < 4.78 is 0. The minimum atomic E-state index is -0.0257. The lowest BCUT2D eigenvalue weighted by atomic mass is 9.47. The molecular formula is C26H31NO2. The highest BCUT2D eigenvalue weighted by atomic mass is 16.1. The minimum Gasteiger partial charge on any atom is -0.322 e.